The Morgan fingerprint density at radius 2 is 1.24 bits per heavy atom. The number of ether oxygens (including phenoxy) is 1. The maximum Gasteiger partial charge on any atom is 0.156 e. The van der Waals surface area contributed by atoms with Gasteiger partial charge in [0.05, 0.1) is 25.6 Å². The summed E-state index contributed by atoms with van der Waals surface area (Å²) >= 11 is 2.17. The van der Waals surface area contributed by atoms with Gasteiger partial charge in [0.15, 0.2) is 11.3 Å². The summed E-state index contributed by atoms with van der Waals surface area (Å²) in [5.41, 5.74) is 8.01. The average Bonchev–Trinajstić information content (AvgIpc) is 3.58. The summed E-state index contributed by atoms with van der Waals surface area (Å²) in [6.07, 6.45) is 7.52. The van der Waals surface area contributed by atoms with Crippen LogP contribution in [0.5, 0.6) is 0 Å². The Morgan fingerprint density at radius 1 is 0.703 bits per heavy atom. The summed E-state index contributed by atoms with van der Waals surface area (Å²) in [7, 11) is 0. The molecule has 1 aliphatic rings. The van der Waals surface area contributed by atoms with E-state index in [2.05, 4.69) is 76.7 Å². The lowest BCUT2D eigenvalue weighted by Gasteiger charge is -2.27. The van der Waals surface area contributed by atoms with Crippen LogP contribution in [0.15, 0.2) is 85.5 Å². The molecule has 1 aliphatic heterocycles. The summed E-state index contributed by atoms with van der Waals surface area (Å²) in [6.45, 7) is 3.23. The second-order valence-electron chi connectivity index (χ2n) is 8.55. The highest BCUT2D eigenvalue weighted by Crippen LogP contribution is 2.28. The number of H-pyrrole nitrogens is 2. The number of aromatic nitrogens is 6. The highest BCUT2D eigenvalue weighted by Gasteiger charge is 2.15. The van der Waals surface area contributed by atoms with Crippen LogP contribution in [0.2, 0.25) is 0 Å². The number of morpholine rings is 1. The lowest BCUT2D eigenvalue weighted by Crippen LogP contribution is -2.36. The molecule has 9 heteroatoms. The second kappa shape index (κ2) is 10.7. The Morgan fingerprint density at radius 3 is 1.84 bits per heavy atom. The largest absolute Gasteiger partial charge is 0.378 e. The third kappa shape index (κ3) is 5.05. The second-order valence-corrected chi connectivity index (χ2v) is 9.66. The lowest BCUT2D eigenvalue weighted by molar-refractivity contribution is 0.122. The predicted molar refractivity (Wildman–Crippen MR) is 154 cm³/mol. The molecule has 1 fully saturated rings. The molecule has 0 bridgehead atoms. The van der Waals surface area contributed by atoms with Crippen LogP contribution in [-0.4, -0.2) is 56.2 Å². The molecule has 0 saturated carbocycles. The Hall–Kier alpha value is -3.83. The number of aromatic amines is 2. The molecule has 0 spiro atoms. The van der Waals surface area contributed by atoms with Gasteiger partial charge in [0.1, 0.15) is 20.6 Å². The summed E-state index contributed by atoms with van der Waals surface area (Å²) in [5.74, 6) is 0.919. The molecule has 4 aromatic heterocycles. The molecule has 0 unspecified atom stereocenters. The van der Waals surface area contributed by atoms with Crippen molar-refractivity contribution in [2.24, 2.45) is 0 Å². The minimum absolute atomic E-state index is 0.748. The third-order valence-electron chi connectivity index (χ3n) is 6.22. The summed E-state index contributed by atoms with van der Waals surface area (Å²) < 4.78 is 6.30. The van der Waals surface area contributed by atoms with Gasteiger partial charge in [0.25, 0.3) is 0 Å². The number of benzene rings is 2. The standard InChI is InChI=1S/C16H16N4O.C12H8IN3/c1-2-4-12(5-3-1)13-10-17-16-15(13)19-14(11-18-16)20-6-8-21-9-7-20;13-10-7-15-12-11(16-10)9(6-14-12)8-4-2-1-3-5-8/h1-5,10-11H,6-9H2,(H,17,18);1-7H,(H,14,15). The van der Waals surface area contributed by atoms with Crippen molar-refractivity contribution in [1.82, 2.24) is 29.9 Å². The third-order valence-corrected chi connectivity index (χ3v) is 6.74. The van der Waals surface area contributed by atoms with Gasteiger partial charge < -0.3 is 19.6 Å². The first kappa shape index (κ1) is 23.6. The molecule has 8 nitrogen and oxygen atoms in total. The van der Waals surface area contributed by atoms with Crippen LogP contribution in [0.4, 0.5) is 5.82 Å². The van der Waals surface area contributed by atoms with Gasteiger partial charge in [0, 0.05) is 36.6 Å². The van der Waals surface area contributed by atoms with E-state index in [-0.39, 0.29) is 0 Å². The molecule has 184 valence electrons. The molecule has 0 atom stereocenters. The summed E-state index contributed by atoms with van der Waals surface area (Å²) in [5, 5.41) is 0. The van der Waals surface area contributed by atoms with Crippen LogP contribution < -0.4 is 4.90 Å². The van der Waals surface area contributed by atoms with Gasteiger partial charge in [-0.2, -0.15) is 0 Å². The molecule has 0 amide bonds. The predicted octanol–water partition coefficient (Wildman–Crippen LogP) is 5.69. The molecule has 1 saturated heterocycles. The Balaban J connectivity index is 0.000000141. The van der Waals surface area contributed by atoms with Crippen molar-refractivity contribution in [3.05, 3.63) is 89.2 Å². The van der Waals surface area contributed by atoms with Gasteiger partial charge in [-0.15, -0.1) is 0 Å². The van der Waals surface area contributed by atoms with Crippen molar-refractivity contribution >= 4 is 50.7 Å². The van der Waals surface area contributed by atoms with Gasteiger partial charge in [-0.25, -0.2) is 19.9 Å². The van der Waals surface area contributed by atoms with E-state index in [9.17, 15) is 0 Å². The number of hydrogen-bond acceptors (Lipinski definition) is 6. The van der Waals surface area contributed by atoms with Crippen molar-refractivity contribution in [2.75, 3.05) is 31.2 Å². The fourth-order valence-corrected chi connectivity index (χ4v) is 4.75. The van der Waals surface area contributed by atoms with Gasteiger partial charge in [-0.1, -0.05) is 60.7 Å². The SMILES string of the molecule is Ic1cnc2[nH]cc(-c3ccccc3)c2n1.c1ccc(-c2c[nH]c3ncc(N4CCOCC4)nc23)cc1. The first-order valence-electron chi connectivity index (χ1n) is 12.0. The van der Waals surface area contributed by atoms with Crippen molar-refractivity contribution in [3.63, 3.8) is 0 Å². The monoisotopic (exact) mass is 601 g/mol. The highest BCUT2D eigenvalue weighted by molar-refractivity contribution is 14.1. The van der Waals surface area contributed by atoms with Gasteiger partial charge in [-0.05, 0) is 33.7 Å². The normalized spacial score (nSPS) is 13.5. The minimum Gasteiger partial charge on any atom is -0.378 e. The van der Waals surface area contributed by atoms with Crippen molar-refractivity contribution < 1.29 is 4.74 Å². The smallest absolute Gasteiger partial charge is 0.156 e. The molecule has 37 heavy (non-hydrogen) atoms. The zero-order chi connectivity index (χ0) is 25.0. The molecule has 7 rings (SSSR count). The van der Waals surface area contributed by atoms with E-state index in [0.29, 0.717) is 0 Å². The minimum atomic E-state index is 0.748. The molecule has 0 aliphatic carbocycles. The number of halogens is 1. The molecular formula is C28H24IN7O. The average molecular weight is 601 g/mol. The summed E-state index contributed by atoms with van der Waals surface area (Å²) in [4.78, 5) is 26.7. The molecule has 0 radical (unpaired) electrons. The Labute approximate surface area is 227 Å². The zero-order valence-corrected chi connectivity index (χ0v) is 22.1. The topological polar surface area (TPSA) is 95.6 Å². The van der Waals surface area contributed by atoms with Crippen molar-refractivity contribution in [2.45, 2.75) is 0 Å². The zero-order valence-electron chi connectivity index (χ0n) is 19.9. The van der Waals surface area contributed by atoms with E-state index in [1.165, 1.54) is 0 Å². The molecule has 5 heterocycles. The van der Waals surface area contributed by atoms with Crippen LogP contribution in [-0.2, 0) is 4.74 Å². The van der Waals surface area contributed by atoms with Gasteiger partial charge >= 0.3 is 0 Å². The van der Waals surface area contributed by atoms with E-state index >= 15 is 0 Å². The fourth-order valence-electron chi connectivity index (χ4n) is 4.37. The van der Waals surface area contributed by atoms with E-state index in [1.54, 1.807) is 6.20 Å². The number of anilines is 1. The van der Waals surface area contributed by atoms with Crippen LogP contribution in [0, 0.1) is 3.70 Å². The quantitative estimate of drug-likeness (QED) is 0.253. The fraction of sp³-hybridized carbons (Fsp3) is 0.143. The van der Waals surface area contributed by atoms with E-state index < -0.39 is 0 Å². The van der Waals surface area contributed by atoms with Gasteiger partial charge in [0.2, 0.25) is 0 Å². The first-order chi connectivity index (χ1) is 18.3. The number of hydrogen-bond donors (Lipinski definition) is 2. The number of rotatable bonds is 3. The molecular weight excluding hydrogens is 577 g/mol. The van der Waals surface area contributed by atoms with Crippen molar-refractivity contribution in [3.8, 4) is 22.3 Å². The lowest BCUT2D eigenvalue weighted by atomic mass is 10.1. The molecule has 6 aromatic rings. The van der Waals surface area contributed by atoms with Crippen molar-refractivity contribution in [1.29, 1.82) is 0 Å². The molecule has 2 aromatic carbocycles. The van der Waals surface area contributed by atoms with Gasteiger partial charge in [-0.3, -0.25) is 0 Å². The first-order valence-corrected chi connectivity index (χ1v) is 13.1. The highest BCUT2D eigenvalue weighted by atomic mass is 127. The maximum absolute atomic E-state index is 5.39. The van der Waals surface area contributed by atoms with E-state index in [0.717, 1.165) is 80.4 Å². The van der Waals surface area contributed by atoms with Crippen LogP contribution in [0.3, 0.4) is 0 Å². The van der Waals surface area contributed by atoms with Crippen LogP contribution >= 0.6 is 22.6 Å². The molecule has 2 N–H and O–H groups in total. The maximum atomic E-state index is 5.39. The number of nitrogens with zero attached hydrogens (tertiary/aromatic N) is 5. The Bertz CT molecular complexity index is 1630. The number of fused-ring (bicyclic) bond motifs is 2. The van der Waals surface area contributed by atoms with E-state index in [4.69, 9.17) is 9.72 Å². The Kier molecular flexibility index (Phi) is 6.78. The van der Waals surface area contributed by atoms with Crippen LogP contribution in [0.1, 0.15) is 0 Å². The van der Waals surface area contributed by atoms with Crippen LogP contribution in [0.25, 0.3) is 44.6 Å². The van der Waals surface area contributed by atoms with E-state index in [1.807, 2.05) is 55.0 Å². The number of nitrogens with one attached hydrogen (secondary N) is 2. The summed E-state index contributed by atoms with van der Waals surface area (Å²) in [6, 6.07) is 20.5.